The van der Waals surface area contributed by atoms with Crippen LogP contribution in [0.15, 0.2) is 24.5 Å². The molecule has 0 saturated carbocycles. The molecular weight excluding hydrogens is 300 g/mol. The van der Waals surface area contributed by atoms with E-state index in [2.05, 4.69) is 16.9 Å². The number of carbonyl (C=O) groups excluding carboxylic acids is 1. The maximum absolute atomic E-state index is 12.9. The van der Waals surface area contributed by atoms with Gasteiger partial charge < -0.3 is 15.5 Å². The van der Waals surface area contributed by atoms with Crippen molar-refractivity contribution < 1.29 is 4.79 Å². The molecule has 0 radical (unpaired) electrons. The fourth-order valence-corrected chi connectivity index (χ4v) is 4.22. The SMILES string of the molecule is CN1CCC(C2CCN(C(=O)[C@@](C)(N)c3ccncc3)CC2)CC1. The summed E-state index contributed by atoms with van der Waals surface area (Å²) < 4.78 is 0. The number of likely N-dealkylation sites (tertiary alicyclic amines) is 2. The first kappa shape index (κ1) is 17.4. The average molecular weight is 330 g/mol. The number of nitrogens with zero attached hydrogens (tertiary/aromatic N) is 3. The van der Waals surface area contributed by atoms with Gasteiger partial charge in [-0.15, -0.1) is 0 Å². The summed E-state index contributed by atoms with van der Waals surface area (Å²) in [5.41, 5.74) is 6.24. The van der Waals surface area contributed by atoms with Gasteiger partial charge in [-0.3, -0.25) is 9.78 Å². The quantitative estimate of drug-likeness (QED) is 0.918. The van der Waals surface area contributed by atoms with Crippen LogP contribution in [-0.2, 0) is 10.3 Å². The molecule has 2 fully saturated rings. The summed E-state index contributed by atoms with van der Waals surface area (Å²) in [6.07, 6.45) is 8.24. The monoisotopic (exact) mass is 330 g/mol. The third kappa shape index (κ3) is 3.62. The molecule has 1 atom stereocenters. The molecule has 5 nitrogen and oxygen atoms in total. The number of carbonyl (C=O) groups is 1. The maximum atomic E-state index is 12.9. The molecular formula is C19H30N4O. The van der Waals surface area contributed by atoms with Crippen LogP contribution in [0.2, 0.25) is 0 Å². The zero-order valence-corrected chi connectivity index (χ0v) is 14.9. The Hall–Kier alpha value is -1.46. The highest BCUT2D eigenvalue weighted by molar-refractivity contribution is 5.87. The summed E-state index contributed by atoms with van der Waals surface area (Å²) in [5.74, 6) is 1.64. The van der Waals surface area contributed by atoms with Crippen LogP contribution in [0.4, 0.5) is 0 Å². The van der Waals surface area contributed by atoms with Gasteiger partial charge >= 0.3 is 0 Å². The van der Waals surface area contributed by atoms with E-state index in [-0.39, 0.29) is 5.91 Å². The maximum Gasteiger partial charge on any atom is 0.246 e. The summed E-state index contributed by atoms with van der Waals surface area (Å²) in [6, 6.07) is 3.67. The van der Waals surface area contributed by atoms with Gasteiger partial charge in [-0.2, -0.15) is 0 Å². The van der Waals surface area contributed by atoms with Gasteiger partial charge in [0.15, 0.2) is 0 Å². The number of rotatable bonds is 3. The van der Waals surface area contributed by atoms with E-state index in [9.17, 15) is 4.79 Å². The normalized spacial score (nSPS) is 23.9. The summed E-state index contributed by atoms with van der Waals surface area (Å²) in [4.78, 5) is 21.3. The number of hydrogen-bond acceptors (Lipinski definition) is 4. The van der Waals surface area contributed by atoms with Crippen molar-refractivity contribution >= 4 is 5.91 Å². The van der Waals surface area contributed by atoms with E-state index < -0.39 is 5.54 Å². The van der Waals surface area contributed by atoms with Gasteiger partial charge in [0.2, 0.25) is 5.91 Å². The topological polar surface area (TPSA) is 62.5 Å². The van der Waals surface area contributed by atoms with Crippen LogP contribution in [-0.4, -0.2) is 53.9 Å². The Morgan fingerprint density at radius 1 is 1.08 bits per heavy atom. The van der Waals surface area contributed by atoms with Gasteiger partial charge in [0.25, 0.3) is 0 Å². The van der Waals surface area contributed by atoms with Crippen LogP contribution in [0.25, 0.3) is 0 Å². The number of aromatic nitrogens is 1. The van der Waals surface area contributed by atoms with Crippen LogP contribution in [0, 0.1) is 11.8 Å². The molecule has 24 heavy (non-hydrogen) atoms. The van der Waals surface area contributed by atoms with E-state index in [1.807, 2.05) is 24.0 Å². The molecule has 3 heterocycles. The Morgan fingerprint density at radius 2 is 1.58 bits per heavy atom. The molecule has 2 saturated heterocycles. The van der Waals surface area contributed by atoms with Crippen LogP contribution < -0.4 is 5.73 Å². The molecule has 1 amide bonds. The van der Waals surface area contributed by atoms with E-state index in [1.54, 1.807) is 12.4 Å². The summed E-state index contributed by atoms with van der Waals surface area (Å²) >= 11 is 0. The van der Waals surface area contributed by atoms with Crippen LogP contribution >= 0.6 is 0 Å². The number of pyridine rings is 1. The predicted octanol–water partition coefficient (Wildman–Crippen LogP) is 1.84. The second kappa shape index (κ2) is 7.19. The zero-order valence-electron chi connectivity index (χ0n) is 14.9. The van der Waals surface area contributed by atoms with Crippen LogP contribution in [0.1, 0.15) is 38.2 Å². The fourth-order valence-electron chi connectivity index (χ4n) is 4.22. The van der Waals surface area contributed by atoms with Gasteiger partial charge in [0, 0.05) is 25.5 Å². The highest BCUT2D eigenvalue weighted by atomic mass is 16.2. The number of piperidine rings is 2. The van der Waals surface area contributed by atoms with Crippen molar-refractivity contribution in [3.63, 3.8) is 0 Å². The summed E-state index contributed by atoms with van der Waals surface area (Å²) in [7, 11) is 2.21. The first-order valence-corrected chi connectivity index (χ1v) is 9.16. The van der Waals surface area contributed by atoms with Gasteiger partial charge in [0.1, 0.15) is 5.54 Å². The standard InChI is InChI=1S/C19H30N4O/c1-19(20,17-3-9-21-10-4-17)18(24)23-13-7-16(8-14-23)15-5-11-22(2)12-6-15/h3-4,9-10,15-16H,5-8,11-14,20H2,1-2H3/t19-/m0/s1. The van der Waals surface area contributed by atoms with E-state index in [0.29, 0.717) is 0 Å². The smallest absolute Gasteiger partial charge is 0.246 e. The molecule has 3 rings (SSSR count). The van der Waals surface area contributed by atoms with Crippen molar-refractivity contribution in [3.05, 3.63) is 30.1 Å². The molecule has 0 unspecified atom stereocenters. The molecule has 132 valence electrons. The molecule has 1 aromatic rings. The molecule has 0 spiro atoms. The molecule has 0 bridgehead atoms. The minimum absolute atomic E-state index is 0.0375. The van der Waals surface area contributed by atoms with Crippen LogP contribution in [0.3, 0.4) is 0 Å². The lowest BCUT2D eigenvalue weighted by atomic mass is 9.78. The molecule has 2 N–H and O–H groups in total. The Morgan fingerprint density at radius 3 is 2.12 bits per heavy atom. The lowest BCUT2D eigenvalue weighted by molar-refractivity contribution is -0.138. The van der Waals surface area contributed by atoms with Crippen molar-refractivity contribution in [1.29, 1.82) is 0 Å². The second-order valence-corrected chi connectivity index (χ2v) is 7.71. The van der Waals surface area contributed by atoms with E-state index in [1.165, 1.54) is 25.9 Å². The first-order valence-electron chi connectivity index (χ1n) is 9.16. The van der Waals surface area contributed by atoms with E-state index in [4.69, 9.17) is 5.73 Å². The Balaban J connectivity index is 1.57. The Bertz CT molecular complexity index is 544. The summed E-state index contributed by atoms with van der Waals surface area (Å²) in [6.45, 7) is 5.93. The van der Waals surface area contributed by atoms with Crippen molar-refractivity contribution in [3.8, 4) is 0 Å². The first-order chi connectivity index (χ1) is 11.5. The largest absolute Gasteiger partial charge is 0.341 e. The van der Waals surface area contributed by atoms with E-state index in [0.717, 1.165) is 43.3 Å². The van der Waals surface area contributed by atoms with Crippen molar-refractivity contribution in [2.45, 2.75) is 38.1 Å². The number of amides is 1. The third-order valence-corrected chi connectivity index (χ3v) is 5.98. The predicted molar refractivity (Wildman–Crippen MR) is 95.3 cm³/mol. The number of nitrogens with two attached hydrogens (primary N) is 1. The lowest BCUT2D eigenvalue weighted by Gasteiger charge is -2.41. The lowest BCUT2D eigenvalue weighted by Crippen LogP contribution is -2.53. The molecule has 2 aliphatic rings. The average Bonchev–Trinajstić information content (AvgIpc) is 2.62. The molecule has 5 heteroatoms. The van der Waals surface area contributed by atoms with Crippen molar-refractivity contribution in [2.75, 3.05) is 33.2 Å². The highest BCUT2D eigenvalue weighted by Gasteiger charge is 2.37. The molecule has 0 aromatic carbocycles. The molecule has 2 aliphatic heterocycles. The van der Waals surface area contributed by atoms with Crippen molar-refractivity contribution in [2.24, 2.45) is 17.6 Å². The van der Waals surface area contributed by atoms with Gasteiger partial charge in [0.05, 0.1) is 0 Å². The molecule has 1 aromatic heterocycles. The van der Waals surface area contributed by atoms with Crippen molar-refractivity contribution in [1.82, 2.24) is 14.8 Å². The zero-order chi connectivity index (χ0) is 17.2. The number of hydrogen-bond donors (Lipinski definition) is 1. The van der Waals surface area contributed by atoms with Gasteiger partial charge in [-0.25, -0.2) is 0 Å². The Labute approximate surface area is 145 Å². The minimum Gasteiger partial charge on any atom is -0.341 e. The van der Waals surface area contributed by atoms with Gasteiger partial charge in [-0.1, -0.05) is 0 Å². The van der Waals surface area contributed by atoms with Crippen LogP contribution in [0.5, 0.6) is 0 Å². The van der Waals surface area contributed by atoms with Gasteiger partial charge in [-0.05, 0) is 82.3 Å². The molecule has 0 aliphatic carbocycles. The summed E-state index contributed by atoms with van der Waals surface area (Å²) in [5, 5.41) is 0. The van der Waals surface area contributed by atoms with E-state index >= 15 is 0 Å². The second-order valence-electron chi connectivity index (χ2n) is 7.71. The highest BCUT2D eigenvalue weighted by Crippen LogP contribution is 2.33. The minimum atomic E-state index is -0.969. The Kier molecular flexibility index (Phi) is 5.21. The third-order valence-electron chi connectivity index (χ3n) is 5.98. The fraction of sp³-hybridized carbons (Fsp3) is 0.684.